The first-order chi connectivity index (χ1) is 15.0. The van der Waals surface area contributed by atoms with Crippen LogP contribution in [0.15, 0.2) is 42.9 Å². The van der Waals surface area contributed by atoms with Crippen molar-refractivity contribution in [1.29, 1.82) is 5.26 Å². The van der Waals surface area contributed by atoms with Gasteiger partial charge < -0.3 is 20.7 Å². The Labute approximate surface area is 176 Å². The molecule has 3 aromatic heterocycles. The molecule has 11 heteroatoms. The molecule has 1 aliphatic rings. The first-order valence-electron chi connectivity index (χ1n) is 9.35. The summed E-state index contributed by atoms with van der Waals surface area (Å²) in [6.45, 7) is 0.765. The number of nitrogens with zero attached hydrogens (tertiary/aromatic N) is 6. The lowest BCUT2D eigenvalue weighted by atomic mass is 10.1. The molecule has 0 aliphatic carbocycles. The fourth-order valence-corrected chi connectivity index (χ4v) is 3.17. The zero-order chi connectivity index (χ0) is 21.8. The molecule has 1 saturated heterocycles. The smallest absolute Gasteiger partial charge is 0.391 e. The van der Waals surface area contributed by atoms with Gasteiger partial charge in [-0.05, 0) is 24.6 Å². The Balaban J connectivity index is 1.54. The summed E-state index contributed by atoms with van der Waals surface area (Å²) in [5.41, 5.74) is 7.05. The summed E-state index contributed by atoms with van der Waals surface area (Å²) >= 11 is 0. The number of rotatable bonds is 5. The van der Waals surface area contributed by atoms with Crippen molar-refractivity contribution in [2.24, 2.45) is 5.73 Å². The van der Waals surface area contributed by atoms with E-state index < -0.39 is 12.3 Å². The molecule has 1 amide bonds. The highest BCUT2D eigenvalue weighted by Gasteiger charge is 2.25. The van der Waals surface area contributed by atoms with Crippen molar-refractivity contribution in [1.82, 2.24) is 19.9 Å². The van der Waals surface area contributed by atoms with E-state index in [9.17, 15) is 14.4 Å². The summed E-state index contributed by atoms with van der Waals surface area (Å²) in [6.07, 6.45) is 3.18. The molecular weight excluding hydrogens is 403 g/mol. The number of nitrogens with one attached hydrogen (secondary N) is 1. The van der Waals surface area contributed by atoms with Gasteiger partial charge in [0.25, 0.3) is 0 Å². The van der Waals surface area contributed by atoms with Crippen LogP contribution in [0.1, 0.15) is 12.0 Å². The van der Waals surface area contributed by atoms with Crippen molar-refractivity contribution in [2.45, 2.75) is 12.6 Å². The average molecular weight is 420 g/mol. The molecule has 31 heavy (non-hydrogen) atoms. The summed E-state index contributed by atoms with van der Waals surface area (Å²) < 4.78 is 18.2. The maximum absolute atomic E-state index is 13.5. The van der Waals surface area contributed by atoms with E-state index in [1.54, 1.807) is 35.5 Å². The number of aromatic nitrogens is 4. The van der Waals surface area contributed by atoms with E-state index in [1.807, 2.05) is 0 Å². The second kappa shape index (κ2) is 8.58. The molecule has 0 unspecified atom stereocenters. The molecule has 156 valence electrons. The molecule has 1 fully saturated rings. The number of nitriles is 1. The molecule has 4 heterocycles. The quantitative estimate of drug-likeness (QED) is 0.636. The molecule has 4 rings (SSSR count). The van der Waals surface area contributed by atoms with E-state index >= 15 is 0 Å². The van der Waals surface area contributed by atoms with Gasteiger partial charge in [-0.15, -0.1) is 0 Å². The Morgan fingerprint density at radius 2 is 2.16 bits per heavy atom. The van der Waals surface area contributed by atoms with Crippen LogP contribution in [-0.2, 0) is 0 Å². The third-order valence-electron chi connectivity index (χ3n) is 4.57. The lowest BCUT2D eigenvalue weighted by Crippen LogP contribution is -2.22. The number of carbonyl (C=O) groups excluding carboxylic acids is 1. The van der Waals surface area contributed by atoms with Gasteiger partial charge in [-0.2, -0.15) is 5.26 Å². The first kappa shape index (κ1) is 20.0. The summed E-state index contributed by atoms with van der Waals surface area (Å²) in [6, 6.07) is 8.60. The molecule has 1 atom stereocenters. The Kier molecular flexibility index (Phi) is 5.53. The van der Waals surface area contributed by atoms with Gasteiger partial charge in [0.05, 0.1) is 29.7 Å². The van der Waals surface area contributed by atoms with Gasteiger partial charge in [-0.25, -0.2) is 29.1 Å². The van der Waals surface area contributed by atoms with Gasteiger partial charge in [-0.1, -0.05) is 0 Å². The lowest BCUT2D eigenvalue weighted by molar-refractivity contribution is 0.209. The fourth-order valence-electron chi connectivity index (χ4n) is 3.17. The normalized spacial score (nSPS) is 15.4. The minimum absolute atomic E-state index is 0.0694. The molecule has 0 spiro atoms. The zero-order valence-corrected chi connectivity index (χ0v) is 16.2. The largest absolute Gasteiger partial charge is 0.411 e. The van der Waals surface area contributed by atoms with Crippen molar-refractivity contribution < 1.29 is 13.9 Å². The van der Waals surface area contributed by atoms with Gasteiger partial charge in [0.15, 0.2) is 0 Å². The van der Waals surface area contributed by atoms with Crippen LogP contribution in [0, 0.1) is 11.3 Å². The van der Waals surface area contributed by atoms with Crippen LogP contribution in [0.5, 0.6) is 5.88 Å². The molecular formula is C20H17FN8O2. The van der Waals surface area contributed by atoms with Crippen LogP contribution < -0.4 is 20.7 Å². The van der Waals surface area contributed by atoms with Gasteiger partial charge >= 0.3 is 6.09 Å². The number of hydrogen-bond acceptors (Lipinski definition) is 9. The van der Waals surface area contributed by atoms with Crippen LogP contribution in [0.4, 0.5) is 26.6 Å². The maximum Gasteiger partial charge on any atom is 0.411 e. The van der Waals surface area contributed by atoms with E-state index in [4.69, 9.17) is 5.73 Å². The topological polar surface area (TPSA) is 143 Å². The molecule has 0 saturated carbocycles. The standard InChI is InChI=1S/C20H17FN8O2/c21-14-4-6-29(11-14)18-12(8-22)7-13(9-26-18)16-3-5-24-20(28-16)27-15-1-2-17(25-10-15)31-19(23)30/h1-3,5,7,9-10,14H,4,6,11H2,(H2,23,30)(H,24,27,28)/t14-/m0/s1. The highest BCUT2D eigenvalue weighted by atomic mass is 19.1. The molecule has 0 aromatic carbocycles. The molecule has 10 nitrogen and oxygen atoms in total. The van der Waals surface area contributed by atoms with E-state index in [1.165, 1.54) is 12.3 Å². The second-order valence-electron chi connectivity index (χ2n) is 6.74. The number of primary amides is 1. The number of nitrogens with two attached hydrogens (primary N) is 1. The molecule has 3 N–H and O–H groups in total. The van der Waals surface area contributed by atoms with Crippen molar-refractivity contribution in [3.8, 4) is 23.2 Å². The van der Waals surface area contributed by atoms with E-state index in [0.29, 0.717) is 47.2 Å². The Morgan fingerprint density at radius 1 is 1.29 bits per heavy atom. The number of halogens is 1. The van der Waals surface area contributed by atoms with E-state index in [2.05, 4.69) is 36.1 Å². The molecule has 3 aromatic rings. The minimum Gasteiger partial charge on any atom is -0.391 e. The molecule has 0 bridgehead atoms. The summed E-state index contributed by atoms with van der Waals surface area (Å²) in [5.74, 6) is 0.841. The predicted octanol–water partition coefficient (Wildman–Crippen LogP) is 2.55. The van der Waals surface area contributed by atoms with Crippen molar-refractivity contribution in [2.75, 3.05) is 23.3 Å². The number of hydrogen-bond donors (Lipinski definition) is 2. The highest BCUT2D eigenvalue weighted by Crippen LogP contribution is 2.27. The minimum atomic E-state index is -0.949. The predicted molar refractivity (Wildman–Crippen MR) is 109 cm³/mol. The second-order valence-corrected chi connectivity index (χ2v) is 6.74. The average Bonchev–Trinajstić information content (AvgIpc) is 3.20. The number of anilines is 3. The van der Waals surface area contributed by atoms with Gasteiger partial charge in [0, 0.05) is 30.6 Å². The van der Waals surface area contributed by atoms with Crippen LogP contribution >= 0.6 is 0 Å². The number of alkyl halides is 1. The Hall–Kier alpha value is -4.33. The fraction of sp³-hybridized carbons (Fsp3) is 0.200. The van der Waals surface area contributed by atoms with Crippen LogP contribution in [0.25, 0.3) is 11.3 Å². The first-order valence-corrected chi connectivity index (χ1v) is 9.35. The molecule has 0 radical (unpaired) electrons. The summed E-state index contributed by atoms with van der Waals surface area (Å²) in [4.78, 5) is 29.5. The molecule has 1 aliphatic heterocycles. The number of pyridine rings is 2. The third kappa shape index (κ3) is 4.64. The maximum atomic E-state index is 13.5. The summed E-state index contributed by atoms with van der Waals surface area (Å²) in [7, 11) is 0. The van der Waals surface area contributed by atoms with Crippen molar-refractivity contribution >= 4 is 23.5 Å². The van der Waals surface area contributed by atoms with Crippen molar-refractivity contribution in [3.63, 3.8) is 0 Å². The third-order valence-corrected chi connectivity index (χ3v) is 4.57. The van der Waals surface area contributed by atoms with Crippen LogP contribution in [0.3, 0.4) is 0 Å². The highest BCUT2D eigenvalue weighted by molar-refractivity contribution is 5.68. The Bertz CT molecular complexity index is 1150. The van der Waals surface area contributed by atoms with Crippen LogP contribution in [0.2, 0.25) is 0 Å². The van der Waals surface area contributed by atoms with E-state index in [0.717, 1.165) is 0 Å². The number of amides is 1. The summed E-state index contributed by atoms with van der Waals surface area (Å²) in [5, 5.41) is 12.5. The number of ether oxygens (including phenoxy) is 1. The van der Waals surface area contributed by atoms with Gasteiger partial charge in [0.2, 0.25) is 11.8 Å². The monoisotopic (exact) mass is 420 g/mol. The SMILES string of the molecule is N#Cc1cc(-c2ccnc(Nc3ccc(OC(N)=O)nc3)n2)cnc1N1CC[C@H](F)C1. The lowest BCUT2D eigenvalue weighted by Gasteiger charge is -2.18. The van der Waals surface area contributed by atoms with E-state index in [-0.39, 0.29) is 12.4 Å². The zero-order valence-electron chi connectivity index (χ0n) is 16.2. The van der Waals surface area contributed by atoms with Crippen molar-refractivity contribution in [3.05, 3.63) is 48.4 Å². The van der Waals surface area contributed by atoms with Gasteiger partial charge in [0.1, 0.15) is 18.1 Å². The van der Waals surface area contributed by atoms with Gasteiger partial charge in [-0.3, -0.25) is 0 Å². The van der Waals surface area contributed by atoms with Crippen LogP contribution in [-0.4, -0.2) is 45.3 Å². The Morgan fingerprint density at radius 3 is 2.84 bits per heavy atom. The number of carbonyl (C=O) groups is 1.